The van der Waals surface area contributed by atoms with Crippen LogP contribution in [0.3, 0.4) is 0 Å². The molecule has 1 aromatic rings. The average Bonchev–Trinajstić information content (AvgIpc) is 2.37. The van der Waals surface area contributed by atoms with Gasteiger partial charge in [0.25, 0.3) is 0 Å². The summed E-state index contributed by atoms with van der Waals surface area (Å²) >= 11 is 0. The van der Waals surface area contributed by atoms with E-state index in [1.807, 2.05) is 6.07 Å². The van der Waals surface area contributed by atoms with Crippen molar-refractivity contribution in [3.63, 3.8) is 0 Å². The van der Waals surface area contributed by atoms with Crippen LogP contribution >= 0.6 is 0 Å². The van der Waals surface area contributed by atoms with E-state index in [1.165, 1.54) is 0 Å². The molecule has 0 fully saturated rings. The van der Waals surface area contributed by atoms with Crippen LogP contribution < -0.4 is 0 Å². The third kappa shape index (κ3) is 4.82. The molecule has 124 valence electrons. The van der Waals surface area contributed by atoms with Gasteiger partial charge in [0.05, 0.1) is 19.3 Å². The normalized spacial score (nSPS) is 14.5. The van der Waals surface area contributed by atoms with E-state index in [2.05, 4.69) is 52.6 Å². The molecule has 0 aliphatic carbocycles. The number of phenols is 1. The van der Waals surface area contributed by atoms with Crippen LogP contribution in [0.5, 0.6) is 5.75 Å². The first-order valence-electron chi connectivity index (χ1n) is 7.63. The number of aliphatic hydroxyl groups excluding tert-OH is 2. The Hall–Kier alpha value is -1.39. The Morgan fingerprint density at radius 2 is 1.68 bits per heavy atom. The second-order valence-corrected chi connectivity index (χ2v) is 7.79. The minimum atomic E-state index is -0.869. The van der Waals surface area contributed by atoms with Gasteiger partial charge in [-0.1, -0.05) is 47.6 Å². The molecule has 3 N–H and O–H groups in total. The van der Waals surface area contributed by atoms with Gasteiger partial charge in [-0.2, -0.15) is 0 Å². The fraction of sp³-hybridized carbons (Fsp3) is 0.611. The van der Waals surface area contributed by atoms with Gasteiger partial charge in [-0.15, -0.1) is 0 Å². The van der Waals surface area contributed by atoms with Crippen LogP contribution in [0.2, 0.25) is 0 Å². The topological polar surface area (TPSA) is 73.1 Å². The standard InChI is InChI=1S/C18H29NO3/c1-17(2,3)13-7-12(9-19-10-14(21)11-20)16(22)15(8-13)18(4,5)6/h7-9,14,20-22H,10-11H2,1-6H3/t14-/m1/s1. The predicted octanol–water partition coefficient (Wildman–Crippen LogP) is 2.76. The molecule has 22 heavy (non-hydrogen) atoms. The lowest BCUT2D eigenvalue weighted by Gasteiger charge is -2.27. The van der Waals surface area contributed by atoms with Crippen molar-refractivity contribution >= 4 is 6.21 Å². The predicted molar refractivity (Wildman–Crippen MR) is 91.1 cm³/mol. The van der Waals surface area contributed by atoms with E-state index in [0.717, 1.165) is 11.1 Å². The molecule has 0 saturated carbocycles. The number of rotatable bonds is 4. The van der Waals surface area contributed by atoms with Crippen LogP contribution in [0, 0.1) is 0 Å². The maximum absolute atomic E-state index is 10.5. The van der Waals surface area contributed by atoms with Gasteiger partial charge < -0.3 is 15.3 Å². The molecule has 1 atom stereocenters. The molecule has 0 bridgehead atoms. The fourth-order valence-corrected chi connectivity index (χ4v) is 2.09. The highest BCUT2D eigenvalue weighted by Crippen LogP contribution is 2.37. The van der Waals surface area contributed by atoms with Crippen molar-refractivity contribution in [3.8, 4) is 5.75 Å². The molecule has 1 aromatic carbocycles. The van der Waals surface area contributed by atoms with E-state index in [1.54, 1.807) is 6.21 Å². The monoisotopic (exact) mass is 307 g/mol. The Labute approximate surface area is 133 Å². The molecule has 0 unspecified atom stereocenters. The summed E-state index contributed by atoms with van der Waals surface area (Å²) in [6.45, 7) is 12.4. The Bertz CT molecular complexity index is 536. The zero-order chi connectivity index (χ0) is 17.1. The largest absolute Gasteiger partial charge is 0.507 e. The highest BCUT2D eigenvalue weighted by Gasteiger charge is 2.24. The molecule has 1 rings (SSSR count). The van der Waals surface area contributed by atoms with Crippen molar-refractivity contribution in [1.82, 2.24) is 0 Å². The van der Waals surface area contributed by atoms with Crippen LogP contribution in [0.1, 0.15) is 58.2 Å². The Morgan fingerprint density at radius 1 is 1.09 bits per heavy atom. The van der Waals surface area contributed by atoms with Gasteiger partial charge in [0, 0.05) is 17.3 Å². The van der Waals surface area contributed by atoms with Gasteiger partial charge in [-0.3, -0.25) is 4.99 Å². The summed E-state index contributed by atoms with van der Waals surface area (Å²) in [5.74, 6) is 0.225. The minimum Gasteiger partial charge on any atom is -0.507 e. The first-order chi connectivity index (χ1) is 9.96. The maximum Gasteiger partial charge on any atom is 0.128 e. The third-order valence-corrected chi connectivity index (χ3v) is 3.57. The van der Waals surface area contributed by atoms with Gasteiger partial charge in [0.15, 0.2) is 0 Å². The van der Waals surface area contributed by atoms with Crippen molar-refractivity contribution in [2.24, 2.45) is 4.99 Å². The third-order valence-electron chi connectivity index (χ3n) is 3.57. The number of benzene rings is 1. The van der Waals surface area contributed by atoms with E-state index in [9.17, 15) is 10.2 Å². The number of hydrogen-bond acceptors (Lipinski definition) is 4. The van der Waals surface area contributed by atoms with Gasteiger partial charge in [-0.25, -0.2) is 0 Å². The van der Waals surface area contributed by atoms with Crippen LogP contribution in [0.25, 0.3) is 0 Å². The summed E-state index contributed by atoms with van der Waals surface area (Å²) in [6, 6.07) is 3.98. The van der Waals surface area contributed by atoms with E-state index >= 15 is 0 Å². The molecule has 4 nitrogen and oxygen atoms in total. The number of hydrogen-bond donors (Lipinski definition) is 3. The van der Waals surface area contributed by atoms with Gasteiger partial charge in [0.2, 0.25) is 0 Å². The Balaban J connectivity index is 3.31. The number of nitrogens with zero attached hydrogens (tertiary/aromatic N) is 1. The van der Waals surface area contributed by atoms with Crippen LogP contribution in [0.15, 0.2) is 17.1 Å². The molecule has 0 radical (unpaired) electrons. The van der Waals surface area contributed by atoms with Gasteiger partial charge >= 0.3 is 0 Å². The SMILES string of the molecule is CC(C)(C)c1cc(C=NC[C@@H](O)CO)c(O)c(C(C)(C)C)c1. The summed E-state index contributed by atoms with van der Waals surface area (Å²) in [5.41, 5.74) is 2.42. The molecule has 0 aromatic heterocycles. The molecule has 0 heterocycles. The molecule has 4 heteroatoms. The molecular formula is C18H29NO3. The van der Waals surface area contributed by atoms with Crippen LogP contribution in [0.4, 0.5) is 0 Å². The summed E-state index contributed by atoms with van der Waals surface area (Å²) in [4.78, 5) is 4.12. The van der Waals surface area contributed by atoms with Crippen molar-refractivity contribution in [1.29, 1.82) is 0 Å². The van der Waals surface area contributed by atoms with E-state index in [4.69, 9.17) is 5.11 Å². The number of phenolic OH excluding ortho intramolecular Hbond substituents is 1. The Morgan fingerprint density at radius 3 is 2.14 bits per heavy atom. The zero-order valence-electron chi connectivity index (χ0n) is 14.5. The molecule has 0 spiro atoms. The first-order valence-corrected chi connectivity index (χ1v) is 7.63. The number of aliphatic imine (C=N–C) groups is 1. The second-order valence-electron chi connectivity index (χ2n) is 7.79. The number of aromatic hydroxyl groups is 1. The van der Waals surface area contributed by atoms with Crippen molar-refractivity contribution in [2.45, 2.75) is 58.5 Å². The lowest BCUT2D eigenvalue weighted by atomic mass is 9.79. The zero-order valence-corrected chi connectivity index (χ0v) is 14.5. The molecule has 0 saturated heterocycles. The van der Waals surface area contributed by atoms with Gasteiger partial charge in [0.1, 0.15) is 5.75 Å². The maximum atomic E-state index is 10.5. The molecule has 0 aliphatic rings. The number of aliphatic hydroxyl groups is 2. The van der Waals surface area contributed by atoms with E-state index < -0.39 is 6.10 Å². The first kappa shape index (κ1) is 18.7. The van der Waals surface area contributed by atoms with Crippen molar-refractivity contribution in [3.05, 3.63) is 28.8 Å². The lowest BCUT2D eigenvalue weighted by molar-refractivity contribution is 0.102. The fourth-order valence-electron chi connectivity index (χ4n) is 2.09. The summed E-state index contributed by atoms with van der Waals surface area (Å²) in [7, 11) is 0. The molecular weight excluding hydrogens is 278 g/mol. The second kappa shape index (κ2) is 6.80. The highest BCUT2D eigenvalue weighted by molar-refractivity contribution is 5.85. The molecule has 0 amide bonds. The molecule has 0 aliphatic heterocycles. The minimum absolute atomic E-state index is 0.0408. The summed E-state index contributed by atoms with van der Waals surface area (Å²) < 4.78 is 0. The quantitative estimate of drug-likeness (QED) is 0.749. The van der Waals surface area contributed by atoms with E-state index in [-0.39, 0.29) is 29.7 Å². The van der Waals surface area contributed by atoms with Crippen LogP contribution in [-0.2, 0) is 10.8 Å². The highest BCUT2D eigenvalue weighted by atomic mass is 16.3. The summed E-state index contributed by atoms with van der Waals surface area (Å²) in [5, 5.41) is 28.7. The van der Waals surface area contributed by atoms with Crippen LogP contribution in [-0.4, -0.2) is 40.8 Å². The van der Waals surface area contributed by atoms with Gasteiger partial charge in [-0.05, 0) is 22.5 Å². The van der Waals surface area contributed by atoms with Crippen molar-refractivity contribution < 1.29 is 15.3 Å². The van der Waals surface area contributed by atoms with E-state index in [0.29, 0.717) is 5.56 Å². The van der Waals surface area contributed by atoms with Crippen molar-refractivity contribution in [2.75, 3.05) is 13.2 Å². The average molecular weight is 307 g/mol. The lowest BCUT2D eigenvalue weighted by Crippen LogP contribution is -2.18. The smallest absolute Gasteiger partial charge is 0.128 e. The summed E-state index contributed by atoms with van der Waals surface area (Å²) in [6.07, 6.45) is 0.699. The Kier molecular flexibility index (Phi) is 5.76.